The Morgan fingerprint density at radius 2 is 2.18 bits per heavy atom. The van der Waals surface area contributed by atoms with E-state index >= 15 is 0 Å². The van der Waals surface area contributed by atoms with Crippen LogP contribution in [-0.2, 0) is 17.2 Å². The monoisotopic (exact) mass is 252 g/mol. The summed E-state index contributed by atoms with van der Waals surface area (Å²) in [6.07, 6.45) is 0.984. The molecule has 0 atom stereocenters. The number of nitrogens with zero attached hydrogens (tertiary/aromatic N) is 2. The summed E-state index contributed by atoms with van der Waals surface area (Å²) in [7, 11) is 0. The molecular weight excluding hydrogens is 236 g/mol. The molecule has 1 heterocycles. The average Bonchev–Trinajstić information content (AvgIpc) is 2.73. The third-order valence-electron chi connectivity index (χ3n) is 2.73. The van der Waals surface area contributed by atoms with Gasteiger partial charge in [0, 0.05) is 19.8 Å². The van der Waals surface area contributed by atoms with E-state index in [0.717, 1.165) is 43.0 Å². The summed E-state index contributed by atoms with van der Waals surface area (Å²) in [6.45, 7) is 4.47. The molecule has 1 aromatic heterocycles. The molecule has 0 radical (unpaired) electrons. The lowest BCUT2D eigenvalue weighted by Gasteiger charge is -2.07. The Balaban J connectivity index is 2.18. The maximum Gasteiger partial charge on any atom is 0.124 e. The topological polar surface area (TPSA) is 27.1 Å². The minimum atomic E-state index is 0.448. The Morgan fingerprint density at radius 1 is 1.35 bits per heavy atom. The van der Waals surface area contributed by atoms with Crippen LogP contribution in [0.25, 0.3) is 11.0 Å². The molecule has 0 unspecified atom stereocenters. The maximum atomic E-state index is 5.93. The van der Waals surface area contributed by atoms with Gasteiger partial charge in [-0.3, -0.25) is 0 Å². The van der Waals surface area contributed by atoms with Gasteiger partial charge in [0.1, 0.15) is 5.82 Å². The normalized spacial score (nSPS) is 11.2. The number of halogens is 1. The summed E-state index contributed by atoms with van der Waals surface area (Å²) >= 11 is 5.93. The van der Waals surface area contributed by atoms with Crippen LogP contribution in [-0.4, -0.2) is 22.8 Å². The summed E-state index contributed by atoms with van der Waals surface area (Å²) in [4.78, 5) is 4.52. The molecule has 4 heteroatoms. The Hall–Kier alpha value is -1.06. The molecule has 2 aromatic rings. The van der Waals surface area contributed by atoms with Crippen LogP contribution in [0.3, 0.4) is 0 Å². The molecule has 0 saturated carbocycles. The van der Waals surface area contributed by atoms with Crippen molar-refractivity contribution in [3.63, 3.8) is 0 Å². The van der Waals surface area contributed by atoms with Crippen molar-refractivity contribution in [2.45, 2.75) is 25.8 Å². The fourth-order valence-corrected chi connectivity index (χ4v) is 2.15. The highest BCUT2D eigenvalue weighted by Crippen LogP contribution is 2.17. The van der Waals surface area contributed by atoms with Crippen molar-refractivity contribution < 1.29 is 4.74 Å². The molecule has 0 amide bonds. The van der Waals surface area contributed by atoms with Crippen molar-refractivity contribution >= 4 is 22.6 Å². The van der Waals surface area contributed by atoms with Crippen molar-refractivity contribution in [1.82, 2.24) is 9.55 Å². The predicted molar refractivity (Wildman–Crippen MR) is 70.4 cm³/mol. The fourth-order valence-electron chi connectivity index (χ4n) is 1.95. The summed E-state index contributed by atoms with van der Waals surface area (Å²) in [5.41, 5.74) is 2.17. The summed E-state index contributed by atoms with van der Waals surface area (Å²) in [6, 6.07) is 8.13. The number of hydrogen-bond donors (Lipinski definition) is 0. The number of hydrogen-bond acceptors (Lipinski definition) is 2. The van der Waals surface area contributed by atoms with Gasteiger partial charge in [0.2, 0.25) is 0 Å². The smallest absolute Gasteiger partial charge is 0.124 e. The van der Waals surface area contributed by atoms with Gasteiger partial charge in [-0.1, -0.05) is 12.1 Å². The first kappa shape index (κ1) is 12.4. The fraction of sp³-hybridized carbons (Fsp3) is 0.462. The van der Waals surface area contributed by atoms with E-state index in [1.165, 1.54) is 0 Å². The number of benzene rings is 1. The van der Waals surface area contributed by atoms with Crippen molar-refractivity contribution in [2.24, 2.45) is 0 Å². The number of fused-ring (bicyclic) bond motifs is 1. The highest BCUT2D eigenvalue weighted by atomic mass is 35.5. The zero-order valence-corrected chi connectivity index (χ0v) is 10.8. The minimum Gasteiger partial charge on any atom is -0.382 e. The lowest BCUT2D eigenvalue weighted by molar-refractivity contribution is 0.142. The van der Waals surface area contributed by atoms with E-state index in [-0.39, 0.29) is 0 Å². The Bertz CT molecular complexity index is 481. The lowest BCUT2D eigenvalue weighted by atomic mass is 10.3. The molecule has 92 valence electrons. The summed E-state index contributed by atoms with van der Waals surface area (Å²) in [5, 5.41) is 0. The van der Waals surface area contributed by atoms with Crippen LogP contribution in [0, 0.1) is 0 Å². The van der Waals surface area contributed by atoms with Crippen LogP contribution in [0.1, 0.15) is 19.2 Å². The number of ether oxygens (including phenoxy) is 1. The van der Waals surface area contributed by atoms with E-state index in [9.17, 15) is 0 Å². The summed E-state index contributed by atoms with van der Waals surface area (Å²) < 4.78 is 7.53. The Kier molecular flexibility index (Phi) is 4.40. The van der Waals surface area contributed by atoms with Gasteiger partial charge >= 0.3 is 0 Å². The van der Waals surface area contributed by atoms with Crippen LogP contribution in [0.4, 0.5) is 0 Å². The van der Waals surface area contributed by atoms with Crippen molar-refractivity contribution in [1.29, 1.82) is 0 Å². The van der Waals surface area contributed by atoms with Gasteiger partial charge in [-0.25, -0.2) is 4.98 Å². The zero-order chi connectivity index (χ0) is 12.1. The molecule has 0 fully saturated rings. The minimum absolute atomic E-state index is 0.448. The number of aromatic nitrogens is 2. The molecule has 3 nitrogen and oxygen atoms in total. The molecule has 0 saturated heterocycles. The van der Waals surface area contributed by atoms with E-state index in [2.05, 4.69) is 15.6 Å². The number of alkyl halides is 1. The first-order chi connectivity index (χ1) is 8.36. The van der Waals surface area contributed by atoms with Crippen LogP contribution in [0.5, 0.6) is 0 Å². The second-order valence-corrected chi connectivity index (χ2v) is 4.12. The second kappa shape index (κ2) is 6.03. The Labute approximate surface area is 106 Å². The van der Waals surface area contributed by atoms with Crippen LogP contribution in [0.2, 0.25) is 0 Å². The number of rotatable bonds is 6. The van der Waals surface area contributed by atoms with E-state index in [0.29, 0.717) is 5.88 Å². The highest BCUT2D eigenvalue weighted by molar-refractivity contribution is 6.16. The molecule has 0 N–H and O–H groups in total. The second-order valence-electron chi connectivity index (χ2n) is 3.85. The van der Waals surface area contributed by atoms with Crippen molar-refractivity contribution in [3.05, 3.63) is 30.1 Å². The highest BCUT2D eigenvalue weighted by Gasteiger charge is 2.08. The zero-order valence-electron chi connectivity index (χ0n) is 10.0. The molecular formula is C13H17ClN2O. The van der Waals surface area contributed by atoms with E-state index in [1.807, 2.05) is 25.1 Å². The van der Waals surface area contributed by atoms with E-state index in [1.54, 1.807) is 0 Å². The standard InChI is InChI=1S/C13H17ClN2O/c1-2-17-9-5-8-16-12-7-4-3-6-11(12)15-13(16)10-14/h3-4,6-7H,2,5,8-10H2,1H3. The van der Waals surface area contributed by atoms with Gasteiger partial charge in [0.05, 0.1) is 16.9 Å². The van der Waals surface area contributed by atoms with Crippen LogP contribution < -0.4 is 0 Å². The predicted octanol–water partition coefficient (Wildman–Crippen LogP) is 3.20. The number of imidazole rings is 1. The van der Waals surface area contributed by atoms with E-state index < -0.39 is 0 Å². The molecule has 0 aliphatic rings. The first-order valence-electron chi connectivity index (χ1n) is 5.94. The largest absolute Gasteiger partial charge is 0.382 e. The number of para-hydroxylation sites is 2. The Morgan fingerprint density at radius 3 is 2.94 bits per heavy atom. The molecule has 0 spiro atoms. The average molecular weight is 253 g/mol. The van der Waals surface area contributed by atoms with Crippen LogP contribution in [0.15, 0.2) is 24.3 Å². The molecule has 1 aromatic carbocycles. The van der Waals surface area contributed by atoms with Gasteiger partial charge < -0.3 is 9.30 Å². The lowest BCUT2D eigenvalue weighted by Crippen LogP contribution is -2.05. The van der Waals surface area contributed by atoms with Crippen molar-refractivity contribution in [2.75, 3.05) is 13.2 Å². The van der Waals surface area contributed by atoms with Gasteiger partial charge in [0.25, 0.3) is 0 Å². The SMILES string of the molecule is CCOCCCn1c(CCl)nc2ccccc21. The third-order valence-corrected chi connectivity index (χ3v) is 2.97. The quantitative estimate of drug-likeness (QED) is 0.583. The molecule has 0 bridgehead atoms. The molecule has 2 rings (SSSR count). The van der Waals surface area contributed by atoms with E-state index in [4.69, 9.17) is 16.3 Å². The number of aryl methyl sites for hydroxylation is 1. The summed E-state index contributed by atoms with van der Waals surface area (Å²) in [5.74, 6) is 1.38. The van der Waals surface area contributed by atoms with Crippen LogP contribution >= 0.6 is 11.6 Å². The third kappa shape index (κ3) is 2.79. The first-order valence-corrected chi connectivity index (χ1v) is 6.48. The van der Waals surface area contributed by atoms with Crippen molar-refractivity contribution in [3.8, 4) is 0 Å². The van der Waals surface area contributed by atoms with Gasteiger partial charge in [-0.05, 0) is 25.5 Å². The van der Waals surface area contributed by atoms with Gasteiger partial charge in [-0.2, -0.15) is 0 Å². The molecule has 0 aliphatic carbocycles. The van der Waals surface area contributed by atoms with Gasteiger partial charge in [-0.15, -0.1) is 11.6 Å². The molecule has 0 aliphatic heterocycles. The van der Waals surface area contributed by atoms with Gasteiger partial charge in [0.15, 0.2) is 0 Å². The molecule has 17 heavy (non-hydrogen) atoms. The maximum absolute atomic E-state index is 5.93.